The molecule has 2 aromatic carbocycles. The number of anilines is 1. The Morgan fingerprint density at radius 3 is 2.24 bits per heavy atom. The Hall–Kier alpha value is -3.61. The predicted molar refractivity (Wildman–Crippen MR) is 136 cm³/mol. The molecule has 0 spiro atoms. The lowest BCUT2D eigenvalue weighted by Crippen LogP contribution is -2.14. The summed E-state index contributed by atoms with van der Waals surface area (Å²) in [6.45, 7) is -0.371. The summed E-state index contributed by atoms with van der Waals surface area (Å²) in [7, 11) is 4.32. The van der Waals surface area contributed by atoms with Crippen LogP contribution >= 0.6 is 11.6 Å². The van der Waals surface area contributed by atoms with Crippen molar-refractivity contribution < 1.29 is 53.3 Å². The van der Waals surface area contributed by atoms with Gasteiger partial charge < -0.3 is 49.5 Å². The van der Waals surface area contributed by atoms with Crippen molar-refractivity contribution >= 4 is 29.2 Å². The fraction of sp³-hybridized carbons (Fsp3) is 0.440. The number of esters is 1. The summed E-state index contributed by atoms with van der Waals surface area (Å²) in [6, 6.07) is 2.45. The van der Waals surface area contributed by atoms with Crippen LogP contribution in [-0.4, -0.2) is 68.8 Å². The predicted octanol–water partition coefficient (Wildman–Crippen LogP) is 3.50. The third kappa shape index (κ3) is 7.94. The molecule has 210 valence electrons. The first kappa shape index (κ1) is 30.6. The van der Waals surface area contributed by atoms with E-state index < -0.39 is 23.4 Å². The number of aromatic hydroxyl groups is 2. The average Bonchev–Trinajstić information content (AvgIpc) is 2.87. The molecule has 0 amide bonds. The number of rotatable bonds is 16. The van der Waals surface area contributed by atoms with Crippen LogP contribution in [-0.2, 0) is 31.8 Å². The number of carbonyl (C=O) groups excluding carboxylic acids is 1. The topological polar surface area (TPSA) is 176 Å². The molecule has 0 radical (unpaired) electrons. The lowest BCUT2D eigenvalue weighted by molar-refractivity contribution is -0.137. The Labute approximate surface area is 224 Å². The van der Waals surface area contributed by atoms with Gasteiger partial charge in [-0.25, -0.2) is 4.79 Å². The number of hydrogen-bond acceptors (Lipinski definition) is 11. The number of halogens is 1. The number of ether oxygens (including phenoxy) is 6. The minimum absolute atomic E-state index is 0.0708. The minimum Gasteiger partial charge on any atom is -0.507 e. The van der Waals surface area contributed by atoms with Gasteiger partial charge in [0.25, 0.3) is 0 Å². The lowest BCUT2D eigenvalue weighted by Gasteiger charge is -2.20. The van der Waals surface area contributed by atoms with Gasteiger partial charge in [-0.15, -0.1) is 0 Å². The number of aliphatic carboxylic acids is 1. The quantitative estimate of drug-likeness (QED) is 0.102. The van der Waals surface area contributed by atoms with Crippen molar-refractivity contribution in [3.05, 3.63) is 33.8 Å². The van der Waals surface area contributed by atoms with Gasteiger partial charge in [-0.1, -0.05) is 11.6 Å². The summed E-state index contributed by atoms with van der Waals surface area (Å²) in [6.07, 6.45) is 0.789. The summed E-state index contributed by atoms with van der Waals surface area (Å²) in [5.41, 5.74) is 6.75. The van der Waals surface area contributed by atoms with Crippen molar-refractivity contribution in [3.63, 3.8) is 0 Å². The van der Waals surface area contributed by atoms with Crippen LogP contribution in [0.4, 0.5) is 5.69 Å². The number of carbonyl (C=O) groups is 2. The zero-order valence-electron chi connectivity index (χ0n) is 21.4. The highest BCUT2D eigenvalue weighted by atomic mass is 35.5. The summed E-state index contributed by atoms with van der Waals surface area (Å²) >= 11 is 6.20. The molecule has 5 N–H and O–H groups in total. The van der Waals surface area contributed by atoms with E-state index in [9.17, 15) is 19.8 Å². The second-order valence-electron chi connectivity index (χ2n) is 7.98. The second kappa shape index (κ2) is 15.0. The van der Waals surface area contributed by atoms with E-state index in [2.05, 4.69) is 0 Å². The van der Waals surface area contributed by atoms with Crippen molar-refractivity contribution in [3.8, 4) is 28.7 Å². The molecule has 0 atom stereocenters. The van der Waals surface area contributed by atoms with Crippen LogP contribution in [0.1, 0.15) is 40.7 Å². The molecule has 0 aromatic heterocycles. The number of unbranched alkanes of at least 4 members (excludes halogenated alkanes) is 1. The SMILES string of the molecule is COCOc1cc(N)c(OCOC)c(CCOC(=O)c2c(O)cc(O)c(Cl)c2CCCCC(=O)O)c1OC. The molecule has 13 heteroatoms. The number of phenolic OH excluding ortho intramolecular Hbond substituents is 2. The number of hydrogen-bond donors (Lipinski definition) is 4. The van der Waals surface area contributed by atoms with E-state index >= 15 is 0 Å². The van der Waals surface area contributed by atoms with Gasteiger partial charge in [0.05, 0.1) is 24.4 Å². The van der Waals surface area contributed by atoms with E-state index in [1.807, 2.05) is 0 Å². The highest BCUT2D eigenvalue weighted by molar-refractivity contribution is 6.33. The van der Waals surface area contributed by atoms with Crippen LogP contribution in [0.5, 0.6) is 28.7 Å². The van der Waals surface area contributed by atoms with E-state index in [0.29, 0.717) is 18.4 Å². The molecule has 0 saturated carbocycles. The monoisotopic (exact) mass is 557 g/mol. The Kier molecular flexibility index (Phi) is 12.1. The molecule has 12 nitrogen and oxygen atoms in total. The van der Waals surface area contributed by atoms with Gasteiger partial charge in [-0.3, -0.25) is 4.79 Å². The van der Waals surface area contributed by atoms with Gasteiger partial charge in [0.1, 0.15) is 17.1 Å². The number of nitrogen functional groups attached to an aromatic ring is 1. The molecule has 0 saturated heterocycles. The Morgan fingerprint density at radius 2 is 1.61 bits per heavy atom. The normalized spacial score (nSPS) is 10.7. The van der Waals surface area contributed by atoms with E-state index in [1.165, 1.54) is 27.4 Å². The molecule has 2 rings (SSSR count). The minimum atomic E-state index is -0.962. The largest absolute Gasteiger partial charge is 0.507 e. The molecular formula is C25H32ClNO11. The van der Waals surface area contributed by atoms with Crippen LogP contribution in [0.2, 0.25) is 5.02 Å². The van der Waals surface area contributed by atoms with Gasteiger partial charge in [0, 0.05) is 44.8 Å². The zero-order valence-corrected chi connectivity index (χ0v) is 22.1. The average molecular weight is 558 g/mol. The first-order chi connectivity index (χ1) is 18.2. The van der Waals surface area contributed by atoms with Crippen LogP contribution in [0, 0.1) is 0 Å². The fourth-order valence-corrected chi connectivity index (χ4v) is 3.95. The van der Waals surface area contributed by atoms with Crippen LogP contribution in [0.25, 0.3) is 0 Å². The van der Waals surface area contributed by atoms with Crippen LogP contribution in [0.3, 0.4) is 0 Å². The summed E-state index contributed by atoms with van der Waals surface area (Å²) in [5.74, 6) is -1.98. The maximum absolute atomic E-state index is 13.0. The highest BCUT2D eigenvalue weighted by Gasteiger charge is 2.25. The van der Waals surface area contributed by atoms with Gasteiger partial charge in [0.15, 0.2) is 30.8 Å². The van der Waals surface area contributed by atoms with E-state index in [4.69, 9.17) is 50.9 Å². The molecule has 0 aliphatic carbocycles. The molecule has 38 heavy (non-hydrogen) atoms. The Bertz CT molecular complexity index is 1120. The number of methoxy groups -OCH3 is 3. The Balaban J connectivity index is 2.30. The highest BCUT2D eigenvalue weighted by Crippen LogP contribution is 2.43. The number of benzene rings is 2. The molecular weight excluding hydrogens is 526 g/mol. The molecule has 0 bridgehead atoms. The van der Waals surface area contributed by atoms with Crippen molar-refractivity contribution in [2.24, 2.45) is 0 Å². The molecule has 2 aromatic rings. The number of carboxylic acids is 1. The van der Waals surface area contributed by atoms with Gasteiger partial charge in [-0.2, -0.15) is 0 Å². The summed E-state index contributed by atoms with van der Waals surface area (Å²) < 4.78 is 32.0. The van der Waals surface area contributed by atoms with Crippen LogP contribution in [0.15, 0.2) is 12.1 Å². The third-order valence-electron chi connectivity index (χ3n) is 5.36. The number of carboxylic acid groups (broad SMARTS) is 1. The van der Waals surface area contributed by atoms with Crippen molar-refractivity contribution in [2.75, 3.05) is 47.3 Å². The van der Waals surface area contributed by atoms with Gasteiger partial charge in [-0.05, 0) is 24.8 Å². The molecule has 0 heterocycles. The van der Waals surface area contributed by atoms with Crippen molar-refractivity contribution in [1.29, 1.82) is 0 Å². The summed E-state index contributed by atoms with van der Waals surface area (Å²) in [5, 5.41) is 29.1. The standard InChI is InChI=1S/C25H32ClNO11/c1-33-12-37-19-10-16(27)23(38-13-34-2)15(24(19)35-3)8-9-36-25(32)21-14(6-4-5-7-20(30)31)22(26)18(29)11-17(21)28/h10-11,28-29H,4-9,12-13,27H2,1-3H3,(H,30,31). The van der Waals surface area contributed by atoms with Gasteiger partial charge >= 0.3 is 11.9 Å². The van der Waals surface area contributed by atoms with Crippen molar-refractivity contribution in [1.82, 2.24) is 0 Å². The Morgan fingerprint density at radius 1 is 0.921 bits per heavy atom. The molecule has 0 aliphatic rings. The third-order valence-corrected chi connectivity index (χ3v) is 5.78. The fourth-order valence-electron chi connectivity index (χ4n) is 3.71. The van der Waals surface area contributed by atoms with Crippen molar-refractivity contribution in [2.45, 2.75) is 32.1 Å². The maximum Gasteiger partial charge on any atom is 0.342 e. The second-order valence-corrected chi connectivity index (χ2v) is 8.35. The number of phenols is 2. The van der Waals surface area contributed by atoms with Crippen LogP contribution < -0.4 is 19.9 Å². The summed E-state index contributed by atoms with van der Waals surface area (Å²) in [4.78, 5) is 23.8. The molecule has 0 fully saturated rings. The first-order valence-electron chi connectivity index (χ1n) is 11.5. The smallest absolute Gasteiger partial charge is 0.342 e. The van der Waals surface area contributed by atoms with Gasteiger partial charge in [0.2, 0.25) is 0 Å². The van der Waals surface area contributed by atoms with E-state index in [-0.39, 0.29) is 78.5 Å². The van der Waals surface area contributed by atoms with E-state index in [0.717, 1.165) is 6.07 Å². The maximum atomic E-state index is 13.0. The first-order valence-corrected chi connectivity index (χ1v) is 11.9. The molecule has 0 unspecified atom stereocenters. The zero-order chi connectivity index (χ0) is 28.2. The number of nitrogens with two attached hydrogens (primary N) is 1. The molecule has 0 aliphatic heterocycles. The van der Waals surface area contributed by atoms with E-state index in [1.54, 1.807) is 0 Å². The lowest BCUT2D eigenvalue weighted by atomic mass is 9.99.